The molecule has 0 aliphatic heterocycles. The topological polar surface area (TPSA) is 0 Å². The second-order valence-corrected chi connectivity index (χ2v) is 7.43. The van der Waals surface area contributed by atoms with E-state index in [2.05, 4.69) is 39.0 Å². The van der Waals surface area contributed by atoms with Gasteiger partial charge in [0.05, 0.1) is 0 Å². The molecule has 0 unspecified atom stereocenters. The molecular formula is C17H28S2. The van der Waals surface area contributed by atoms with Crippen LogP contribution in [0.2, 0.25) is 0 Å². The van der Waals surface area contributed by atoms with Gasteiger partial charge in [0, 0.05) is 9.79 Å². The van der Waals surface area contributed by atoms with Gasteiger partial charge in [-0.25, -0.2) is 0 Å². The van der Waals surface area contributed by atoms with Crippen molar-refractivity contribution in [2.45, 2.75) is 69.1 Å². The molecule has 0 radical (unpaired) electrons. The Hall–Kier alpha value is -0.0800. The monoisotopic (exact) mass is 296 g/mol. The first-order valence-electron chi connectivity index (χ1n) is 7.63. The number of thioether (sulfide) groups is 2. The van der Waals surface area contributed by atoms with Gasteiger partial charge in [0.1, 0.15) is 0 Å². The summed E-state index contributed by atoms with van der Waals surface area (Å²) in [5.41, 5.74) is 1.40. The van der Waals surface area contributed by atoms with E-state index in [4.69, 9.17) is 0 Å². The quantitative estimate of drug-likeness (QED) is 0.354. The highest BCUT2D eigenvalue weighted by Crippen LogP contribution is 2.28. The highest BCUT2D eigenvalue weighted by Gasteiger charge is 2.01. The summed E-state index contributed by atoms with van der Waals surface area (Å²) in [7, 11) is 0. The standard InChI is InChI=1S/C17H28S2/c1-4-6-8-10-18-16-12-15(3)13-17(14-16)19-11-9-7-5-2/h12-14H,4-11H2,1-3H3. The number of benzene rings is 1. The molecule has 0 N–H and O–H groups in total. The Kier molecular flexibility index (Phi) is 9.54. The summed E-state index contributed by atoms with van der Waals surface area (Å²) in [5, 5.41) is 0. The first-order chi connectivity index (χ1) is 9.26. The fourth-order valence-electron chi connectivity index (χ4n) is 1.96. The van der Waals surface area contributed by atoms with Crippen molar-refractivity contribution in [3.8, 4) is 0 Å². The molecule has 0 fully saturated rings. The third-order valence-corrected chi connectivity index (χ3v) is 5.18. The summed E-state index contributed by atoms with van der Waals surface area (Å²) in [6.45, 7) is 6.75. The molecule has 0 amide bonds. The van der Waals surface area contributed by atoms with Gasteiger partial charge < -0.3 is 0 Å². The summed E-state index contributed by atoms with van der Waals surface area (Å²) in [4.78, 5) is 2.91. The van der Waals surface area contributed by atoms with E-state index in [1.807, 2.05) is 23.5 Å². The van der Waals surface area contributed by atoms with Crippen LogP contribution < -0.4 is 0 Å². The smallest absolute Gasteiger partial charge is 0.00857 e. The van der Waals surface area contributed by atoms with Crippen molar-refractivity contribution in [1.29, 1.82) is 0 Å². The second-order valence-electron chi connectivity index (χ2n) is 5.09. The predicted molar refractivity (Wildman–Crippen MR) is 91.7 cm³/mol. The van der Waals surface area contributed by atoms with Crippen molar-refractivity contribution in [2.75, 3.05) is 11.5 Å². The second kappa shape index (κ2) is 10.7. The van der Waals surface area contributed by atoms with E-state index in [0.717, 1.165) is 0 Å². The molecule has 0 nitrogen and oxygen atoms in total. The molecule has 0 atom stereocenters. The summed E-state index contributed by atoms with van der Waals surface area (Å²) in [5.74, 6) is 2.52. The summed E-state index contributed by atoms with van der Waals surface area (Å²) in [6, 6.07) is 7.03. The van der Waals surface area contributed by atoms with Crippen LogP contribution in [0.3, 0.4) is 0 Å². The van der Waals surface area contributed by atoms with E-state index in [0.29, 0.717) is 0 Å². The largest absolute Gasteiger partial charge is 0.126 e. The van der Waals surface area contributed by atoms with Gasteiger partial charge in [0.2, 0.25) is 0 Å². The number of unbranched alkanes of at least 4 members (excludes halogenated alkanes) is 4. The summed E-state index contributed by atoms with van der Waals surface area (Å²) < 4.78 is 0. The zero-order valence-corrected chi connectivity index (χ0v) is 14.3. The van der Waals surface area contributed by atoms with Crippen LogP contribution >= 0.6 is 23.5 Å². The number of rotatable bonds is 10. The Bertz CT molecular complexity index is 317. The minimum Gasteiger partial charge on any atom is -0.126 e. The van der Waals surface area contributed by atoms with Crippen molar-refractivity contribution in [1.82, 2.24) is 0 Å². The fourth-order valence-corrected chi connectivity index (χ4v) is 4.17. The zero-order chi connectivity index (χ0) is 13.9. The first-order valence-corrected chi connectivity index (χ1v) is 9.60. The zero-order valence-electron chi connectivity index (χ0n) is 12.7. The fraction of sp³-hybridized carbons (Fsp3) is 0.647. The van der Waals surface area contributed by atoms with E-state index in [1.54, 1.807) is 0 Å². The lowest BCUT2D eigenvalue weighted by Gasteiger charge is -2.07. The summed E-state index contributed by atoms with van der Waals surface area (Å²) >= 11 is 4.04. The van der Waals surface area contributed by atoms with Crippen LogP contribution in [0.15, 0.2) is 28.0 Å². The molecule has 0 aliphatic rings. The van der Waals surface area contributed by atoms with Crippen molar-refractivity contribution in [2.24, 2.45) is 0 Å². The van der Waals surface area contributed by atoms with Crippen molar-refractivity contribution >= 4 is 23.5 Å². The van der Waals surface area contributed by atoms with Crippen LogP contribution in [0.5, 0.6) is 0 Å². The van der Waals surface area contributed by atoms with Crippen LogP contribution in [-0.4, -0.2) is 11.5 Å². The van der Waals surface area contributed by atoms with Gasteiger partial charge in [-0.15, -0.1) is 23.5 Å². The van der Waals surface area contributed by atoms with Gasteiger partial charge in [-0.2, -0.15) is 0 Å². The average molecular weight is 297 g/mol. The molecule has 0 heterocycles. The van der Waals surface area contributed by atoms with E-state index in [9.17, 15) is 0 Å². The van der Waals surface area contributed by atoms with Crippen molar-refractivity contribution in [3.63, 3.8) is 0 Å². The van der Waals surface area contributed by atoms with Gasteiger partial charge in [0.25, 0.3) is 0 Å². The lowest BCUT2D eigenvalue weighted by atomic mass is 10.2. The molecule has 1 aromatic rings. The van der Waals surface area contributed by atoms with Gasteiger partial charge in [0.15, 0.2) is 0 Å². The minimum absolute atomic E-state index is 1.26. The third-order valence-electron chi connectivity index (χ3n) is 3.06. The molecule has 108 valence electrons. The minimum atomic E-state index is 1.26. The molecule has 0 saturated carbocycles. The number of hydrogen-bond donors (Lipinski definition) is 0. The molecule has 1 aromatic carbocycles. The molecule has 0 saturated heterocycles. The average Bonchev–Trinajstić information content (AvgIpc) is 2.39. The maximum absolute atomic E-state index is 2.38. The SMILES string of the molecule is CCCCCSc1cc(C)cc(SCCCCC)c1. The van der Waals surface area contributed by atoms with Crippen LogP contribution in [0.25, 0.3) is 0 Å². The molecule has 0 spiro atoms. The van der Waals surface area contributed by atoms with E-state index >= 15 is 0 Å². The normalized spacial score (nSPS) is 10.9. The Morgan fingerprint density at radius 2 is 1.21 bits per heavy atom. The maximum atomic E-state index is 2.38. The Labute approximate surface area is 128 Å². The van der Waals surface area contributed by atoms with Gasteiger partial charge in [-0.1, -0.05) is 39.5 Å². The Morgan fingerprint density at radius 1 is 0.737 bits per heavy atom. The van der Waals surface area contributed by atoms with Gasteiger partial charge in [-0.05, 0) is 55.0 Å². The van der Waals surface area contributed by atoms with Crippen LogP contribution in [-0.2, 0) is 0 Å². The predicted octanol–water partition coefficient (Wildman–Crippen LogP) is 6.56. The summed E-state index contributed by atoms with van der Waals surface area (Å²) in [6.07, 6.45) is 8.02. The maximum Gasteiger partial charge on any atom is 0.00857 e. The molecular weight excluding hydrogens is 268 g/mol. The molecule has 0 aliphatic carbocycles. The lowest BCUT2D eigenvalue weighted by molar-refractivity contribution is 0.778. The van der Waals surface area contributed by atoms with Gasteiger partial charge >= 0.3 is 0 Å². The molecule has 2 heteroatoms. The number of hydrogen-bond acceptors (Lipinski definition) is 2. The van der Waals surface area contributed by atoms with E-state index in [-0.39, 0.29) is 0 Å². The number of aryl methyl sites for hydroxylation is 1. The Balaban J connectivity index is 2.41. The van der Waals surface area contributed by atoms with Crippen LogP contribution in [0.4, 0.5) is 0 Å². The molecule has 1 rings (SSSR count). The lowest BCUT2D eigenvalue weighted by Crippen LogP contribution is -1.85. The van der Waals surface area contributed by atoms with Crippen molar-refractivity contribution < 1.29 is 0 Å². The highest BCUT2D eigenvalue weighted by molar-refractivity contribution is 8.00. The van der Waals surface area contributed by atoms with Crippen LogP contribution in [0.1, 0.15) is 57.9 Å². The highest BCUT2D eigenvalue weighted by atomic mass is 32.2. The molecule has 0 aromatic heterocycles. The molecule has 19 heavy (non-hydrogen) atoms. The Morgan fingerprint density at radius 3 is 1.63 bits per heavy atom. The van der Waals surface area contributed by atoms with Gasteiger partial charge in [-0.3, -0.25) is 0 Å². The van der Waals surface area contributed by atoms with E-state index < -0.39 is 0 Å². The first kappa shape index (κ1) is 17.0. The third kappa shape index (κ3) is 7.94. The van der Waals surface area contributed by atoms with E-state index in [1.165, 1.54) is 65.4 Å². The van der Waals surface area contributed by atoms with Crippen LogP contribution in [0, 0.1) is 6.92 Å². The molecule has 0 bridgehead atoms. The van der Waals surface area contributed by atoms with Crippen molar-refractivity contribution in [3.05, 3.63) is 23.8 Å².